The molecule has 3 aliphatic carbocycles. The van der Waals surface area contributed by atoms with Crippen molar-refractivity contribution in [1.82, 2.24) is 4.90 Å². The standard InChI is InChI=1S/C24H29NO5/c1-13(2)22(27)29-17-6-5-15-11-18-24(28)8-7-16(26)21-23(24,19(15)20(17)30-21)9-10-25(18)12-14-3-4-14/h5-6,13-14,18,21,28H,3-4,7-12H2,1-2H3/t18?,21?,23-,24?/m0/s1. The van der Waals surface area contributed by atoms with Crippen molar-refractivity contribution < 1.29 is 24.2 Å². The molecule has 2 bridgehead atoms. The van der Waals surface area contributed by atoms with Gasteiger partial charge in [0.1, 0.15) is 0 Å². The smallest absolute Gasteiger partial charge is 0.313 e. The van der Waals surface area contributed by atoms with Gasteiger partial charge >= 0.3 is 5.97 Å². The summed E-state index contributed by atoms with van der Waals surface area (Å²) in [5.74, 6) is 1.11. The number of hydrogen-bond donors (Lipinski definition) is 1. The lowest BCUT2D eigenvalue weighted by Crippen LogP contribution is -2.76. The molecule has 3 fully saturated rings. The zero-order valence-electron chi connectivity index (χ0n) is 17.6. The molecule has 1 aromatic rings. The number of aliphatic hydroxyl groups is 1. The van der Waals surface area contributed by atoms with E-state index in [9.17, 15) is 14.7 Å². The van der Waals surface area contributed by atoms with Gasteiger partial charge in [-0.25, -0.2) is 0 Å². The van der Waals surface area contributed by atoms with Gasteiger partial charge in [0.25, 0.3) is 0 Å². The number of carbonyl (C=O) groups is 2. The maximum absolute atomic E-state index is 13.0. The molecule has 6 rings (SSSR count). The highest BCUT2D eigenvalue weighted by Gasteiger charge is 2.73. The molecule has 3 unspecified atom stereocenters. The van der Waals surface area contributed by atoms with E-state index in [-0.39, 0.29) is 23.7 Å². The predicted octanol–water partition coefficient (Wildman–Crippen LogP) is 2.38. The van der Waals surface area contributed by atoms with E-state index in [1.54, 1.807) is 19.9 Å². The van der Waals surface area contributed by atoms with Crippen LogP contribution in [0.2, 0.25) is 0 Å². The zero-order valence-corrected chi connectivity index (χ0v) is 17.6. The van der Waals surface area contributed by atoms with E-state index >= 15 is 0 Å². The van der Waals surface area contributed by atoms with E-state index in [2.05, 4.69) is 4.90 Å². The number of hydrogen-bond acceptors (Lipinski definition) is 6. The molecule has 2 saturated carbocycles. The van der Waals surface area contributed by atoms with E-state index in [0.29, 0.717) is 30.8 Å². The van der Waals surface area contributed by atoms with Crippen LogP contribution in [-0.2, 0) is 21.4 Å². The Bertz CT molecular complexity index is 953. The molecule has 4 atom stereocenters. The SMILES string of the molecule is CC(C)C(=O)Oc1ccc2c3c1OC1C(=O)CCC4(O)C(C2)N(CC2CC2)CC[C@]314. The van der Waals surface area contributed by atoms with Gasteiger partial charge in [0.15, 0.2) is 23.4 Å². The van der Waals surface area contributed by atoms with Crippen molar-refractivity contribution in [2.24, 2.45) is 11.8 Å². The summed E-state index contributed by atoms with van der Waals surface area (Å²) in [5, 5.41) is 12.2. The Morgan fingerprint density at radius 3 is 2.87 bits per heavy atom. The normalized spacial score (nSPS) is 36.5. The van der Waals surface area contributed by atoms with Crippen LogP contribution in [0, 0.1) is 11.8 Å². The van der Waals surface area contributed by atoms with Gasteiger partial charge in [0.05, 0.1) is 16.9 Å². The Morgan fingerprint density at radius 1 is 1.33 bits per heavy atom. The molecule has 1 N–H and O–H groups in total. The van der Waals surface area contributed by atoms with Crippen molar-refractivity contribution in [3.8, 4) is 11.5 Å². The number of likely N-dealkylation sites (tertiary alicyclic amines) is 1. The molecule has 160 valence electrons. The van der Waals surface area contributed by atoms with Crippen LogP contribution in [0.25, 0.3) is 0 Å². The van der Waals surface area contributed by atoms with Crippen molar-refractivity contribution in [1.29, 1.82) is 0 Å². The van der Waals surface area contributed by atoms with Gasteiger partial charge in [0, 0.05) is 24.6 Å². The third kappa shape index (κ3) is 2.27. The molecular weight excluding hydrogens is 382 g/mol. The van der Waals surface area contributed by atoms with Crippen LogP contribution in [0.5, 0.6) is 11.5 Å². The van der Waals surface area contributed by atoms with Crippen LogP contribution >= 0.6 is 0 Å². The van der Waals surface area contributed by atoms with E-state index in [0.717, 1.165) is 36.6 Å². The minimum Gasteiger partial charge on any atom is -0.477 e. The Labute approximate surface area is 176 Å². The third-order valence-corrected chi connectivity index (χ3v) is 8.22. The molecule has 2 aliphatic heterocycles. The first-order chi connectivity index (χ1) is 14.3. The lowest BCUT2D eigenvalue weighted by Gasteiger charge is -2.62. The number of Topliss-reactive ketones (excluding diaryl/α,β-unsaturated/α-hetero) is 1. The second-order valence-corrected chi connectivity index (χ2v) is 10.3. The second-order valence-electron chi connectivity index (χ2n) is 10.3. The lowest BCUT2D eigenvalue weighted by molar-refractivity contribution is -0.188. The van der Waals surface area contributed by atoms with Gasteiger partial charge in [-0.05, 0) is 56.2 Å². The van der Waals surface area contributed by atoms with Gasteiger partial charge in [-0.2, -0.15) is 0 Å². The van der Waals surface area contributed by atoms with E-state index < -0.39 is 17.1 Å². The molecule has 6 nitrogen and oxygen atoms in total. The minimum atomic E-state index is -0.988. The van der Waals surface area contributed by atoms with Gasteiger partial charge in [-0.15, -0.1) is 0 Å². The number of benzene rings is 1. The molecule has 1 spiro atoms. The van der Waals surface area contributed by atoms with Crippen LogP contribution < -0.4 is 9.47 Å². The first-order valence-corrected chi connectivity index (χ1v) is 11.4. The average Bonchev–Trinajstić information content (AvgIpc) is 3.45. The van der Waals surface area contributed by atoms with Gasteiger partial charge in [-0.3, -0.25) is 14.5 Å². The molecule has 5 aliphatic rings. The number of piperidine rings is 1. The number of carbonyl (C=O) groups excluding carboxylic acids is 2. The van der Waals surface area contributed by atoms with E-state index in [1.165, 1.54) is 12.8 Å². The molecule has 0 radical (unpaired) electrons. The predicted molar refractivity (Wildman–Crippen MR) is 109 cm³/mol. The van der Waals surface area contributed by atoms with Gasteiger partial charge in [0.2, 0.25) is 0 Å². The van der Waals surface area contributed by atoms with Crippen molar-refractivity contribution in [3.63, 3.8) is 0 Å². The Hall–Kier alpha value is -1.92. The molecule has 1 aromatic carbocycles. The van der Waals surface area contributed by atoms with Crippen LogP contribution in [0.15, 0.2) is 12.1 Å². The highest BCUT2D eigenvalue weighted by atomic mass is 16.6. The Morgan fingerprint density at radius 2 is 2.13 bits per heavy atom. The monoisotopic (exact) mass is 411 g/mol. The molecule has 0 amide bonds. The van der Waals surface area contributed by atoms with Crippen molar-refractivity contribution in [2.45, 2.75) is 75.5 Å². The highest BCUT2D eigenvalue weighted by molar-refractivity contribution is 5.90. The fourth-order valence-corrected chi connectivity index (χ4v) is 6.56. The zero-order chi connectivity index (χ0) is 20.8. The Kier molecular flexibility index (Phi) is 3.81. The van der Waals surface area contributed by atoms with Gasteiger partial charge in [-0.1, -0.05) is 19.9 Å². The third-order valence-electron chi connectivity index (χ3n) is 8.22. The minimum absolute atomic E-state index is 0.00793. The number of rotatable bonds is 4. The first kappa shape index (κ1) is 18.8. The van der Waals surface area contributed by atoms with Crippen molar-refractivity contribution >= 4 is 11.8 Å². The quantitative estimate of drug-likeness (QED) is 0.606. The fraction of sp³-hybridized carbons (Fsp3) is 0.667. The molecular formula is C24H29NO5. The molecule has 6 heteroatoms. The number of esters is 1. The van der Waals surface area contributed by atoms with Crippen molar-refractivity contribution in [3.05, 3.63) is 23.3 Å². The second kappa shape index (κ2) is 6.07. The number of ether oxygens (including phenoxy) is 2. The average molecular weight is 411 g/mol. The van der Waals surface area contributed by atoms with Crippen LogP contribution in [0.3, 0.4) is 0 Å². The summed E-state index contributed by atoms with van der Waals surface area (Å²) in [5.41, 5.74) is 0.342. The maximum atomic E-state index is 13.0. The number of ketones is 1. The number of nitrogens with zero attached hydrogens (tertiary/aromatic N) is 1. The summed E-state index contributed by atoms with van der Waals surface area (Å²) in [6.45, 7) is 5.49. The Balaban J connectivity index is 1.50. The topological polar surface area (TPSA) is 76.1 Å². The summed E-state index contributed by atoms with van der Waals surface area (Å²) in [6.07, 6.45) is 4.13. The van der Waals surface area contributed by atoms with E-state index in [4.69, 9.17) is 9.47 Å². The molecule has 30 heavy (non-hydrogen) atoms. The summed E-state index contributed by atoms with van der Waals surface area (Å²) >= 11 is 0. The molecule has 1 saturated heterocycles. The summed E-state index contributed by atoms with van der Waals surface area (Å²) < 4.78 is 11.9. The van der Waals surface area contributed by atoms with Crippen LogP contribution in [-0.4, -0.2) is 52.6 Å². The molecule has 2 heterocycles. The summed E-state index contributed by atoms with van der Waals surface area (Å²) in [6, 6.07) is 3.83. The van der Waals surface area contributed by atoms with E-state index in [1.807, 2.05) is 6.07 Å². The summed E-state index contributed by atoms with van der Waals surface area (Å²) in [4.78, 5) is 27.8. The van der Waals surface area contributed by atoms with Crippen molar-refractivity contribution in [2.75, 3.05) is 13.1 Å². The summed E-state index contributed by atoms with van der Waals surface area (Å²) in [7, 11) is 0. The van der Waals surface area contributed by atoms with Crippen LogP contribution in [0.1, 0.15) is 57.1 Å². The largest absolute Gasteiger partial charge is 0.477 e. The highest BCUT2D eigenvalue weighted by Crippen LogP contribution is 2.65. The fourth-order valence-electron chi connectivity index (χ4n) is 6.56. The first-order valence-electron chi connectivity index (χ1n) is 11.4. The van der Waals surface area contributed by atoms with Gasteiger partial charge < -0.3 is 14.6 Å². The maximum Gasteiger partial charge on any atom is 0.313 e. The lowest BCUT2D eigenvalue weighted by atomic mass is 9.49. The molecule has 0 aromatic heterocycles. The van der Waals surface area contributed by atoms with Crippen LogP contribution in [0.4, 0.5) is 0 Å².